The van der Waals surface area contributed by atoms with Crippen molar-refractivity contribution in [3.05, 3.63) is 34.8 Å². The Labute approximate surface area is 90.8 Å². The number of aromatic nitrogens is 2. The van der Waals surface area contributed by atoms with Crippen LogP contribution in [0.3, 0.4) is 0 Å². The summed E-state index contributed by atoms with van der Waals surface area (Å²) in [5.41, 5.74) is 6.50. The summed E-state index contributed by atoms with van der Waals surface area (Å²) in [5.74, 6) is -0.446. The minimum Gasteiger partial charge on any atom is -0.366 e. The summed E-state index contributed by atoms with van der Waals surface area (Å²) >= 11 is 1.44. The number of benzene rings is 1. The van der Waals surface area contributed by atoms with Crippen molar-refractivity contribution in [3.63, 3.8) is 0 Å². The molecule has 76 valence electrons. The predicted octanol–water partition coefficient (Wildman–Crippen LogP) is 1.61. The van der Waals surface area contributed by atoms with Gasteiger partial charge in [0.15, 0.2) is 0 Å². The molecule has 0 spiro atoms. The third-order valence-corrected chi connectivity index (χ3v) is 2.82. The van der Waals surface area contributed by atoms with Gasteiger partial charge in [-0.3, -0.25) is 4.79 Å². The lowest BCUT2D eigenvalue weighted by Gasteiger charge is -2.01. The van der Waals surface area contributed by atoms with E-state index in [1.807, 2.05) is 19.1 Å². The SMILES string of the molecule is Cc1nnc(-c2ccccc2C(N)=O)s1. The maximum Gasteiger partial charge on any atom is 0.249 e. The lowest BCUT2D eigenvalue weighted by atomic mass is 10.1. The van der Waals surface area contributed by atoms with E-state index in [0.29, 0.717) is 5.56 Å². The van der Waals surface area contributed by atoms with E-state index < -0.39 is 5.91 Å². The van der Waals surface area contributed by atoms with Crippen molar-refractivity contribution in [1.82, 2.24) is 10.2 Å². The molecule has 1 heterocycles. The van der Waals surface area contributed by atoms with Crippen molar-refractivity contribution in [2.75, 3.05) is 0 Å². The molecule has 0 unspecified atom stereocenters. The lowest BCUT2D eigenvalue weighted by molar-refractivity contribution is 0.100. The third kappa shape index (κ3) is 1.87. The fourth-order valence-electron chi connectivity index (χ4n) is 1.29. The van der Waals surface area contributed by atoms with Crippen LogP contribution in [0.15, 0.2) is 24.3 Å². The van der Waals surface area contributed by atoms with Crippen molar-refractivity contribution >= 4 is 17.2 Å². The number of rotatable bonds is 2. The molecule has 0 fully saturated rings. The Morgan fingerprint density at radius 1 is 1.33 bits per heavy atom. The van der Waals surface area contributed by atoms with Gasteiger partial charge in [-0.25, -0.2) is 0 Å². The molecule has 0 aliphatic rings. The molecule has 0 aliphatic heterocycles. The Hall–Kier alpha value is -1.75. The molecule has 0 atom stereocenters. The van der Waals surface area contributed by atoms with Gasteiger partial charge in [0.1, 0.15) is 10.0 Å². The molecule has 15 heavy (non-hydrogen) atoms. The maximum atomic E-state index is 11.2. The number of hydrogen-bond donors (Lipinski definition) is 1. The number of primary amides is 1. The molecule has 0 radical (unpaired) electrons. The number of amides is 1. The quantitative estimate of drug-likeness (QED) is 0.834. The van der Waals surface area contributed by atoms with Gasteiger partial charge in [-0.15, -0.1) is 10.2 Å². The highest BCUT2D eigenvalue weighted by Crippen LogP contribution is 2.25. The Balaban J connectivity index is 2.57. The molecular weight excluding hydrogens is 210 g/mol. The van der Waals surface area contributed by atoms with Gasteiger partial charge in [0.05, 0.1) is 0 Å². The van der Waals surface area contributed by atoms with Crippen molar-refractivity contribution in [2.24, 2.45) is 5.73 Å². The number of hydrogen-bond acceptors (Lipinski definition) is 4. The van der Waals surface area contributed by atoms with E-state index in [-0.39, 0.29) is 0 Å². The second-order valence-electron chi connectivity index (χ2n) is 3.04. The molecule has 0 aliphatic carbocycles. The van der Waals surface area contributed by atoms with Crippen molar-refractivity contribution in [2.45, 2.75) is 6.92 Å². The summed E-state index contributed by atoms with van der Waals surface area (Å²) in [4.78, 5) is 11.2. The van der Waals surface area contributed by atoms with Crippen molar-refractivity contribution in [3.8, 4) is 10.6 Å². The lowest BCUT2D eigenvalue weighted by Crippen LogP contribution is -2.12. The molecular formula is C10H9N3OS. The number of nitrogens with zero attached hydrogens (tertiary/aromatic N) is 2. The first-order valence-corrected chi connectivity index (χ1v) is 5.19. The van der Waals surface area contributed by atoms with E-state index in [1.54, 1.807) is 12.1 Å². The predicted molar refractivity (Wildman–Crippen MR) is 58.6 cm³/mol. The van der Waals surface area contributed by atoms with E-state index in [0.717, 1.165) is 15.6 Å². The highest BCUT2D eigenvalue weighted by atomic mass is 32.1. The summed E-state index contributed by atoms with van der Waals surface area (Å²) in [5, 5.41) is 9.49. The first-order valence-electron chi connectivity index (χ1n) is 4.38. The topological polar surface area (TPSA) is 68.9 Å². The zero-order valence-electron chi connectivity index (χ0n) is 8.10. The minimum atomic E-state index is -0.446. The zero-order valence-corrected chi connectivity index (χ0v) is 8.91. The van der Waals surface area contributed by atoms with Crippen LogP contribution >= 0.6 is 11.3 Å². The summed E-state index contributed by atoms with van der Waals surface area (Å²) in [7, 11) is 0. The first kappa shape index (κ1) is 9.79. The molecule has 1 amide bonds. The van der Waals surface area contributed by atoms with Gasteiger partial charge in [0.2, 0.25) is 5.91 Å². The summed E-state index contributed by atoms with van der Waals surface area (Å²) in [6.45, 7) is 1.87. The molecule has 4 nitrogen and oxygen atoms in total. The normalized spacial score (nSPS) is 10.2. The number of aryl methyl sites for hydroxylation is 1. The van der Waals surface area contributed by atoms with Crippen LogP contribution in [0.1, 0.15) is 15.4 Å². The smallest absolute Gasteiger partial charge is 0.249 e. The van der Waals surface area contributed by atoms with Gasteiger partial charge >= 0.3 is 0 Å². The van der Waals surface area contributed by atoms with Gasteiger partial charge < -0.3 is 5.73 Å². The van der Waals surface area contributed by atoms with E-state index in [2.05, 4.69) is 10.2 Å². The van der Waals surface area contributed by atoms with Gasteiger partial charge in [-0.2, -0.15) is 0 Å². The second-order valence-corrected chi connectivity index (χ2v) is 4.22. The van der Waals surface area contributed by atoms with E-state index in [9.17, 15) is 4.79 Å². The maximum absolute atomic E-state index is 11.2. The molecule has 1 aromatic heterocycles. The van der Waals surface area contributed by atoms with Gasteiger partial charge in [0.25, 0.3) is 0 Å². The molecule has 0 saturated carbocycles. The Morgan fingerprint density at radius 3 is 2.67 bits per heavy atom. The van der Waals surface area contributed by atoms with E-state index >= 15 is 0 Å². The monoisotopic (exact) mass is 219 g/mol. The zero-order chi connectivity index (χ0) is 10.8. The van der Waals surface area contributed by atoms with Crippen LogP contribution in [0.5, 0.6) is 0 Å². The minimum absolute atomic E-state index is 0.446. The molecule has 2 N–H and O–H groups in total. The molecule has 0 saturated heterocycles. The molecule has 2 rings (SSSR count). The fourth-order valence-corrected chi connectivity index (χ4v) is 2.02. The molecule has 5 heteroatoms. The fraction of sp³-hybridized carbons (Fsp3) is 0.100. The number of nitrogens with two attached hydrogens (primary N) is 1. The Kier molecular flexibility index (Phi) is 2.47. The standard InChI is InChI=1S/C10H9N3OS/c1-6-12-13-10(15-6)8-5-3-2-4-7(8)9(11)14/h2-5H,1H3,(H2,11,14). The molecule has 0 bridgehead atoms. The third-order valence-electron chi connectivity index (χ3n) is 1.95. The van der Waals surface area contributed by atoms with E-state index in [1.165, 1.54) is 11.3 Å². The van der Waals surface area contributed by atoms with Gasteiger partial charge in [0, 0.05) is 11.1 Å². The molecule has 1 aromatic carbocycles. The summed E-state index contributed by atoms with van der Waals surface area (Å²) < 4.78 is 0. The van der Waals surface area contributed by atoms with Gasteiger partial charge in [-0.05, 0) is 13.0 Å². The average molecular weight is 219 g/mol. The number of carbonyl (C=O) groups excluding carboxylic acids is 1. The van der Waals surface area contributed by atoms with Crippen LogP contribution < -0.4 is 5.73 Å². The Morgan fingerprint density at radius 2 is 2.07 bits per heavy atom. The highest BCUT2D eigenvalue weighted by molar-refractivity contribution is 7.14. The van der Waals surface area contributed by atoms with Gasteiger partial charge in [-0.1, -0.05) is 29.5 Å². The van der Waals surface area contributed by atoms with Crippen LogP contribution in [0.25, 0.3) is 10.6 Å². The van der Waals surface area contributed by atoms with Crippen LogP contribution in [0.2, 0.25) is 0 Å². The van der Waals surface area contributed by atoms with Crippen LogP contribution in [0.4, 0.5) is 0 Å². The highest BCUT2D eigenvalue weighted by Gasteiger charge is 2.12. The molecule has 2 aromatic rings. The number of carbonyl (C=O) groups is 1. The summed E-state index contributed by atoms with van der Waals surface area (Å²) in [6, 6.07) is 7.13. The van der Waals surface area contributed by atoms with Crippen LogP contribution in [-0.2, 0) is 0 Å². The first-order chi connectivity index (χ1) is 7.18. The van der Waals surface area contributed by atoms with Crippen LogP contribution in [0, 0.1) is 6.92 Å². The van der Waals surface area contributed by atoms with Crippen molar-refractivity contribution < 1.29 is 4.79 Å². The largest absolute Gasteiger partial charge is 0.366 e. The van der Waals surface area contributed by atoms with E-state index in [4.69, 9.17) is 5.73 Å². The Bertz CT molecular complexity index is 507. The van der Waals surface area contributed by atoms with Crippen molar-refractivity contribution in [1.29, 1.82) is 0 Å². The van der Waals surface area contributed by atoms with Crippen LogP contribution in [-0.4, -0.2) is 16.1 Å². The second kappa shape index (κ2) is 3.78. The average Bonchev–Trinajstić information content (AvgIpc) is 2.65. The summed E-state index contributed by atoms with van der Waals surface area (Å²) in [6.07, 6.45) is 0.